The normalized spacial score (nSPS) is 21.7. The molecule has 0 aromatic rings. The van der Waals surface area contributed by atoms with E-state index in [1.165, 1.54) is 19.3 Å². The molecular formula is C11H20O. The minimum atomic E-state index is -0.144. The van der Waals surface area contributed by atoms with E-state index in [0.717, 1.165) is 0 Å². The van der Waals surface area contributed by atoms with Crippen LogP contribution in [0.2, 0.25) is 0 Å². The zero-order valence-corrected chi connectivity index (χ0v) is 8.68. The molecule has 1 aliphatic rings. The molecule has 1 unspecified atom stereocenters. The molecule has 1 aliphatic carbocycles. The van der Waals surface area contributed by atoms with Gasteiger partial charge >= 0.3 is 0 Å². The molecule has 1 fully saturated rings. The third kappa shape index (κ3) is 1.88. The number of ketones is 1. The van der Waals surface area contributed by atoms with Gasteiger partial charge in [-0.15, -0.1) is 0 Å². The molecule has 1 atom stereocenters. The third-order valence-corrected chi connectivity index (χ3v) is 3.01. The van der Waals surface area contributed by atoms with E-state index in [2.05, 4.69) is 6.92 Å². The summed E-state index contributed by atoms with van der Waals surface area (Å²) in [6.45, 7) is 8.15. The summed E-state index contributed by atoms with van der Waals surface area (Å²) in [7, 11) is 0. The van der Waals surface area contributed by atoms with Crippen LogP contribution in [0.15, 0.2) is 0 Å². The average molecular weight is 168 g/mol. The maximum atomic E-state index is 11.8. The monoisotopic (exact) mass is 168 g/mol. The highest BCUT2D eigenvalue weighted by Gasteiger charge is 2.34. The highest BCUT2D eigenvalue weighted by molar-refractivity contribution is 5.85. The van der Waals surface area contributed by atoms with Crippen LogP contribution in [0.1, 0.15) is 47.0 Å². The molecular weight excluding hydrogens is 148 g/mol. The van der Waals surface area contributed by atoms with Crippen molar-refractivity contribution in [3.05, 3.63) is 0 Å². The van der Waals surface area contributed by atoms with Crippen LogP contribution in [0.5, 0.6) is 0 Å². The lowest BCUT2D eigenvalue weighted by Gasteiger charge is -2.33. The minimum Gasteiger partial charge on any atom is -0.299 e. The summed E-state index contributed by atoms with van der Waals surface area (Å²) < 4.78 is 0. The van der Waals surface area contributed by atoms with Crippen LogP contribution in [0.25, 0.3) is 0 Å². The highest BCUT2D eigenvalue weighted by atomic mass is 16.1. The number of Topliss-reactive ketones (excluding diaryl/α,β-unsaturated/α-hetero) is 1. The zero-order valence-electron chi connectivity index (χ0n) is 8.68. The maximum Gasteiger partial charge on any atom is 0.141 e. The van der Waals surface area contributed by atoms with E-state index in [4.69, 9.17) is 0 Å². The molecule has 0 bridgehead atoms. The van der Waals surface area contributed by atoms with Crippen LogP contribution in [0.4, 0.5) is 0 Å². The first-order chi connectivity index (χ1) is 5.43. The van der Waals surface area contributed by atoms with Crippen molar-refractivity contribution in [3.8, 4) is 0 Å². The van der Waals surface area contributed by atoms with Gasteiger partial charge in [-0.3, -0.25) is 4.79 Å². The number of rotatable bonds is 2. The van der Waals surface area contributed by atoms with Crippen molar-refractivity contribution < 1.29 is 4.79 Å². The molecule has 0 aliphatic heterocycles. The predicted molar refractivity (Wildman–Crippen MR) is 51.0 cm³/mol. The molecule has 1 rings (SSSR count). The summed E-state index contributed by atoms with van der Waals surface area (Å²) in [5.74, 6) is 1.42. The molecule has 0 aromatic heterocycles. The molecule has 1 heteroatoms. The van der Waals surface area contributed by atoms with Crippen molar-refractivity contribution in [3.63, 3.8) is 0 Å². The zero-order chi connectivity index (χ0) is 9.35. The Morgan fingerprint density at radius 1 is 1.33 bits per heavy atom. The number of hydrogen-bond acceptors (Lipinski definition) is 1. The third-order valence-electron chi connectivity index (χ3n) is 3.01. The minimum absolute atomic E-state index is 0.144. The SMILES string of the molecule is CC(C(=O)C(C)(C)C)C1CCC1. The van der Waals surface area contributed by atoms with Gasteiger partial charge in [-0.1, -0.05) is 34.1 Å². The summed E-state index contributed by atoms with van der Waals surface area (Å²) in [5, 5.41) is 0. The van der Waals surface area contributed by atoms with Crippen molar-refractivity contribution in [2.24, 2.45) is 17.3 Å². The Labute approximate surface area is 75.5 Å². The van der Waals surface area contributed by atoms with E-state index in [0.29, 0.717) is 17.6 Å². The lowest BCUT2D eigenvalue weighted by atomic mass is 9.70. The van der Waals surface area contributed by atoms with Gasteiger partial charge in [0.1, 0.15) is 5.78 Å². The molecule has 0 radical (unpaired) electrons. The molecule has 0 spiro atoms. The standard InChI is InChI=1S/C11H20O/c1-8(9-6-5-7-9)10(12)11(2,3)4/h8-9H,5-7H2,1-4H3. The number of hydrogen-bond donors (Lipinski definition) is 0. The smallest absolute Gasteiger partial charge is 0.141 e. The van der Waals surface area contributed by atoms with Crippen molar-refractivity contribution in [1.82, 2.24) is 0 Å². The van der Waals surface area contributed by atoms with Crippen LogP contribution >= 0.6 is 0 Å². The Bertz CT molecular complexity index is 172. The Morgan fingerprint density at radius 3 is 2.08 bits per heavy atom. The summed E-state index contributed by atoms with van der Waals surface area (Å²) in [6, 6.07) is 0. The second kappa shape index (κ2) is 3.20. The van der Waals surface area contributed by atoms with Gasteiger partial charge in [0, 0.05) is 11.3 Å². The Balaban J connectivity index is 2.51. The average Bonchev–Trinajstić information content (AvgIpc) is 1.79. The summed E-state index contributed by atoms with van der Waals surface area (Å²) in [6.07, 6.45) is 3.86. The number of carbonyl (C=O) groups excluding carboxylic acids is 1. The molecule has 0 heterocycles. The van der Waals surface area contributed by atoms with Crippen molar-refractivity contribution >= 4 is 5.78 Å². The van der Waals surface area contributed by atoms with Crippen LogP contribution in [0, 0.1) is 17.3 Å². The van der Waals surface area contributed by atoms with Gasteiger partial charge in [-0.25, -0.2) is 0 Å². The van der Waals surface area contributed by atoms with Crippen molar-refractivity contribution in [2.75, 3.05) is 0 Å². The molecule has 1 nitrogen and oxygen atoms in total. The summed E-state index contributed by atoms with van der Waals surface area (Å²) in [5.41, 5.74) is -0.144. The first kappa shape index (κ1) is 9.76. The van der Waals surface area contributed by atoms with E-state index in [1.807, 2.05) is 20.8 Å². The van der Waals surface area contributed by atoms with Gasteiger partial charge < -0.3 is 0 Å². The fraction of sp³-hybridized carbons (Fsp3) is 0.909. The summed E-state index contributed by atoms with van der Waals surface area (Å²) >= 11 is 0. The van der Waals surface area contributed by atoms with Gasteiger partial charge in [0.2, 0.25) is 0 Å². The fourth-order valence-electron chi connectivity index (χ4n) is 1.84. The topological polar surface area (TPSA) is 17.1 Å². The van der Waals surface area contributed by atoms with Gasteiger partial charge in [0.25, 0.3) is 0 Å². The van der Waals surface area contributed by atoms with Gasteiger partial charge in [0.15, 0.2) is 0 Å². The largest absolute Gasteiger partial charge is 0.299 e. The second-order valence-corrected chi connectivity index (χ2v) is 5.09. The second-order valence-electron chi connectivity index (χ2n) is 5.09. The molecule has 0 N–H and O–H groups in total. The first-order valence-corrected chi connectivity index (χ1v) is 4.97. The molecule has 0 aromatic carbocycles. The van der Waals surface area contributed by atoms with Crippen LogP contribution < -0.4 is 0 Å². The van der Waals surface area contributed by atoms with E-state index in [-0.39, 0.29) is 5.41 Å². The molecule has 1 saturated carbocycles. The van der Waals surface area contributed by atoms with Gasteiger partial charge in [-0.2, -0.15) is 0 Å². The van der Waals surface area contributed by atoms with Gasteiger partial charge in [-0.05, 0) is 18.8 Å². The quantitative estimate of drug-likeness (QED) is 0.619. The van der Waals surface area contributed by atoms with Crippen molar-refractivity contribution in [2.45, 2.75) is 47.0 Å². The van der Waals surface area contributed by atoms with Crippen LogP contribution in [-0.2, 0) is 4.79 Å². The highest BCUT2D eigenvalue weighted by Crippen LogP contribution is 2.36. The lowest BCUT2D eigenvalue weighted by Crippen LogP contribution is -2.34. The molecule has 0 saturated heterocycles. The van der Waals surface area contributed by atoms with Crippen molar-refractivity contribution in [1.29, 1.82) is 0 Å². The molecule has 70 valence electrons. The first-order valence-electron chi connectivity index (χ1n) is 4.97. The maximum absolute atomic E-state index is 11.8. The van der Waals surface area contributed by atoms with E-state index in [1.54, 1.807) is 0 Å². The van der Waals surface area contributed by atoms with Crippen LogP contribution in [-0.4, -0.2) is 5.78 Å². The van der Waals surface area contributed by atoms with E-state index >= 15 is 0 Å². The Morgan fingerprint density at radius 2 is 1.83 bits per heavy atom. The van der Waals surface area contributed by atoms with E-state index in [9.17, 15) is 4.79 Å². The van der Waals surface area contributed by atoms with Crippen LogP contribution in [0.3, 0.4) is 0 Å². The summed E-state index contributed by atoms with van der Waals surface area (Å²) in [4.78, 5) is 11.8. The lowest BCUT2D eigenvalue weighted by molar-refractivity contribution is -0.132. The molecule has 0 amide bonds. The molecule has 12 heavy (non-hydrogen) atoms. The Hall–Kier alpha value is -0.330. The predicted octanol–water partition coefficient (Wildman–Crippen LogP) is 3.04. The van der Waals surface area contributed by atoms with E-state index < -0.39 is 0 Å². The fourth-order valence-corrected chi connectivity index (χ4v) is 1.84. The van der Waals surface area contributed by atoms with Gasteiger partial charge in [0.05, 0.1) is 0 Å². The Kier molecular flexibility index (Phi) is 2.60. The number of carbonyl (C=O) groups is 1.